The van der Waals surface area contributed by atoms with Crippen LogP contribution in [0.25, 0.3) is 0 Å². The molecule has 0 saturated heterocycles. The first-order valence-electron chi connectivity index (χ1n) is 7.09. The highest BCUT2D eigenvalue weighted by atomic mass is 35.5. The summed E-state index contributed by atoms with van der Waals surface area (Å²) in [6.07, 6.45) is 0. The molecule has 0 saturated carbocycles. The molecule has 0 amide bonds. The molecular weight excluding hydrogens is 286 g/mol. The van der Waals surface area contributed by atoms with Crippen LogP contribution >= 0.6 is 11.6 Å². The maximum Gasteiger partial charge on any atom is 0.161 e. The van der Waals surface area contributed by atoms with Crippen LogP contribution in [0.4, 0.5) is 0 Å². The molecular formula is C17H20ClNO2. The molecule has 0 heterocycles. The molecule has 1 N–H and O–H groups in total. The lowest BCUT2D eigenvalue weighted by atomic mass is 10.2. The van der Waals surface area contributed by atoms with Crippen molar-refractivity contribution in [1.29, 1.82) is 0 Å². The SMILES string of the molecule is CCOc1ccccc1OCCNCc1cccc(Cl)c1. The fourth-order valence-corrected chi connectivity index (χ4v) is 2.17. The first-order chi connectivity index (χ1) is 10.3. The van der Waals surface area contributed by atoms with E-state index in [0.717, 1.165) is 35.2 Å². The summed E-state index contributed by atoms with van der Waals surface area (Å²) in [5, 5.41) is 4.09. The van der Waals surface area contributed by atoms with Gasteiger partial charge in [0, 0.05) is 18.1 Å². The van der Waals surface area contributed by atoms with E-state index in [2.05, 4.69) is 5.32 Å². The van der Waals surface area contributed by atoms with Crippen molar-refractivity contribution >= 4 is 11.6 Å². The van der Waals surface area contributed by atoms with E-state index in [4.69, 9.17) is 21.1 Å². The molecule has 0 bridgehead atoms. The normalized spacial score (nSPS) is 10.4. The lowest BCUT2D eigenvalue weighted by molar-refractivity contribution is 0.275. The van der Waals surface area contributed by atoms with Gasteiger partial charge in [0.15, 0.2) is 11.5 Å². The molecule has 0 atom stereocenters. The predicted octanol–water partition coefficient (Wildman–Crippen LogP) is 3.91. The summed E-state index contributed by atoms with van der Waals surface area (Å²) in [6.45, 7) is 4.71. The third-order valence-electron chi connectivity index (χ3n) is 2.90. The van der Waals surface area contributed by atoms with Gasteiger partial charge in [0.05, 0.1) is 6.61 Å². The summed E-state index contributed by atoms with van der Waals surface area (Å²) >= 11 is 5.95. The first kappa shape index (κ1) is 15.7. The van der Waals surface area contributed by atoms with Crippen molar-refractivity contribution in [2.24, 2.45) is 0 Å². The van der Waals surface area contributed by atoms with Gasteiger partial charge in [0.25, 0.3) is 0 Å². The second-order valence-electron chi connectivity index (χ2n) is 4.53. The van der Waals surface area contributed by atoms with E-state index in [1.54, 1.807) is 0 Å². The second-order valence-corrected chi connectivity index (χ2v) is 4.97. The van der Waals surface area contributed by atoms with Crippen molar-refractivity contribution in [2.75, 3.05) is 19.8 Å². The van der Waals surface area contributed by atoms with Crippen LogP contribution in [0.15, 0.2) is 48.5 Å². The predicted molar refractivity (Wildman–Crippen MR) is 86.3 cm³/mol. The molecule has 0 aliphatic carbocycles. The van der Waals surface area contributed by atoms with Crippen molar-refractivity contribution in [3.05, 3.63) is 59.1 Å². The zero-order valence-electron chi connectivity index (χ0n) is 12.1. The fourth-order valence-electron chi connectivity index (χ4n) is 1.96. The van der Waals surface area contributed by atoms with Gasteiger partial charge in [-0.1, -0.05) is 35.9 Å². The van der Waals surface area contributed by atoms with Crippen LogP contribution in [-0.4, -0.2) is 19.8 Å². The number of nitrogens with one attached hydrogen (secondary N) is 1. The van der Waals surface area contributed by atoms with Crippen LogP contribution in [0.2, 0.25) is 5.02 Å². The average molecular weight is 306 g/mol. The Bertz CT molecular complexity index is 560. The summed E-state index contributed by atoms with van der Waals surface area (Å²) < 4.78 is 11.3. The Morgan fingerprint density at radius 3 is 2.48 bits per heavy atom. The van der Waals surface area contributed by atoms with E-state index in [-0.39, 0.29) is 0 Å². The van der Waals surface area contributed by atoms with E-state index >= 15 is 0 Å². The number of hydrogen-bond donors (Lipinski definition) is 1. The van der Waals surface area contributed by atoms with E-state index < -0.39 is 0 Å². The standard InChI is InChI=1S/C17H20ClNO2/c1-2-20-16-8-3-4-9-17(16)21-11-10-19-13-14-6-5-7-15(18)12-14/h3-9,12,19H,2,10-11,13H2,1H3. The molecule has 112 valence electrons. The van der Waals surface area contributed by atoms with Gasteiger partial charge in [-0.2, -0.15) is 0 Å². The number of benzene rings is 2. The summed E-state index contributed by atoms with van der Waals surface area (Å²) in [6, 6.07) is 15.5. The molecule has 2 aromatic rings. The van der Waals surface area contributed by atoms with Crippen LogP contribution in [0.3, 0.4) is 0 Å². The Morgan fingerprint density at radius 2 is 1.76 bits per heavy atom. The van der Waals surface area contributed by atoms with E-state index in [0.29, 0.717) is 13.2 Å². The number of hydrogen-bond acceptors (Lipinski definition) is 3. The van der Waals surface area contributed by atoms with Gasteiger partial charge in [-0.3, -0.25) is 0 Å². The van der Waals surface area contributed by atoms with Crippen molar-refractivity contribution in [3.63, 3.8) is 0 Å². The maximum absolute atomic E-state index is 5.95. The second kappa shape index (κ2) is 8.55. The molecule has 3 nitrogen and oxygen atoms in total. The molecule has 0 unspecified atom stereocenters. The average Bonchev–Trinajstić information content (AvgIpc) is 2.49. The van der Waals surface area contributed by atoms with E-state index in [9.17, 15) is 0 Å². The van der Waals surface area contributed by atoms with Crippen LogP contribution in [0.1, 0.15) is 12.5 Å². The summed E-state index contributed by atoms with van der Waals surface area (Å²) in [5.41, 5.74) is 1.16. The van der Waals surface area contributed by atoms with Crippen molar-refractivity contribution in [1.82, 2.24) is 5.32 Å². The summed E-state index contributed by atoms with van der Waals surface area (Å²) in [4.78, 5) is 0. The smallest absolute Gasteiger partial charge is 0.161 e. The zero-order chi connectivity index (χ0) is 14.9. The van der Waals surface area contributed by atoms with Gasteiger partial charge in [0.2, 0.25) is 0 Å². The lowest BCUT2D eigenvalue weighted by Crippen LogP contribution is -2.20. The third kappa shape index (κ3) is 5.29. The lowest BCUT2D eigenvalue weighted by Gasteiger charge is -2.12. The Labute approximate surface area is 130 Å². The number of ether oxygens (including phenoxy) is 2. The Kier molecular flexibility index (Phi) is 6.38. The molecule has 0 aliphatic rings. The van der Waals surface area contributed by atoms with Gasteiger partial charge < -0.3 is 14.8 Å². The molecule has 4 heteroatoms. The zero-order valence-corrected chi connectivity index (χ0v) is 12.9. The quantitative estimate of drug-likeness (QED) is 0.750. The van der Waals surface area contributed by atoms with E-state index in [1.165, 1.54) is 0 Å². The maximum atomic E-state index is 5.95. The highest BCUT2D eigenvalue weighted by Crippen LogP contribution is 2.26. The fraction of sp³-hybridized carbons (Fsp3) is 0.294. The first-order valence-corrected chi connectivity index (χ1v) is 7.47. The van der Waals surface area contributed by atoms with Crippen LogP contribution in [-0.2, 0) is 6.54 Å². The largest absolute Gasteiger partial charge is 0.490 e. The molecule has 2 rings (SSSR count). The van der Waals surface area contributed by atoms with Crippen LogP contribution in [0.5, 0.6) is 11.5 Å². The monoisotopic (exact) mass is 305 g/mol. The Morgan fingerprint density at radius 1 is 1.00 bits per heavy atom. The van der Waals surface area contributed by atoms with Gasteiger partial charge in [0.1, 0.15) is 6.61 Å². The highest BCUT2D eigenvalue weighted by Gasteiger charge is 2.02. The molecule has 0 fully saturated rings. The van der Waals surface area contributed by atoms with Gasteiger partial charge >= 0.3 is 0 Å². The minimum atomic E-state index is 0.588. The molecule has 0 aromatic heterocycles. The molecule has 21 heavy (non-hydrogen) atoms. The third-order valence-corrected chi connectivity index (χ3v) is 3.14. The molecule has 2 aromatic carbocycles. The number of para-hydroxylation sites is 2. The van der Waals surface area contributed by atoms with Crippen molar-refractivity contribution < 1.29 is 9.47 Å². The summed E-state index contributed by atoms with van der Waals surface area (Å²) in [7, 11) is 0. The summed E-state index contributed by atoms with van der Waals surface area (Å²) in [5.74, 6) is 1.57. The van der Waals surface area contributed by atoms with E-state index in [1.807, 2.05) is 55.5 Å². The van der Waals surface area contributed by atoms with Crippen molar-refractivity contribution in [2.45, 2.75) is 13.5 Å². The van der Waals surface area contributed by atoms with Gasteiger partial charge in [-0.05, 0) is 36.8 Å². The minimum Gasteiger partial charge on any atom is -0.490 e. The molecule has 0 spiro atoms. The van der Waals surface area contributed by atoms with Gasteiger partial charge in [-0.25, -0.2) is 0 Å². The topological polar surface area (TPSA) is 30.5 Å². The van der Waals surface area contributed by atoms with Crippen LogP contribution in [0, 0.1) is 0 Å². The van der Waals surface area contributed by atoms with Crippen molar-refractivity contribution in [3.8, 4) is 11.5 Å². The van der Waals surface area contributed by atoms with Crippen LogP contribution < -0.4 is 14.8 Å². The number of halogens is 1. The molecule has 0 radical (unpaired) electrons. The highest BCUT2D eigenvalue weighted by molar-refractivity contribution is 6.30. The number of rotatable bonds is 8. The van der Waals surface area contributed by atoms with Gasteiger partial charge in [-0.15, -0.1) is 0 Å². The molecule has 0 aliphatic heterocycles. The Hall–Kier alpha value is -1.71. The Balaban J connectivity index is 1.72. The minimum absolute atomic E-state index is 0.588.